The average molecular weight is 165 g/mol. The van der Waals surface area contributed by atoms with Crippen LogP contribution >= 0.6 is 0 Å². The molecule has 2 nitrogen and oxygen atoms in total. The summed E-state index contributed by atoms with van der Waals surface area (Å²) in [6, 6.07) is 5.43. The molecule has 2 heteroatoms. The molecule has 0 amide bonds. The maximum absolute atomic E-state index is 6.76. The van der Waals surface area contributed by atoms with Crippen molar-refractivity contribution in [3.05, 3.63) is 36.4 Å². The number of methoxy groups -OCH3 is 1. The summed E-state index contributed by atoms with van der Waals surface area (Å²) < 4.78 is 11.8. The minimum Gasteiger partial charge on any atom is -0.504 e. The molecule has 0 saturated carbocycles. The molecule has 12 heavy (non-hydrogen) atoms. The van der Waals surface area contributed by atoms with Crippen molar-refractivity contribution in [3.63, 3.8) is 0 Å². The summed E-state index contributed by atoms with van der Waals surface area (Å²) in [4.78, 5) is 0. The van der Waals surface area contributed by atoms with Gasteiger partial charge in [0.15, 0.2) is 11.5 Å². The number of hydrogen-bond donors (Lipinski definition) is 1. The predicted molar refractivity (Wildman–Crippen MR) is 48.6 cm³/mol. The van der Waals surface area contributed by atoms with Gasteiger partial charge in [-0.15, -0.1) is 6.58 Å². The smallest absolute Gasteiger partial charge is 0.293 e. The van der Waals surface area contributed by atoms with Gasteiger partial charge in [0.1, 0.15) is 0 Å². The van der Waals surface area contributed by atoms with E-state index in [4.69, 9.17) is 6.17 Å². The maximum atomic E-state index is 6.76. The van der Waals surface area contributed by atoms with Crippen LogP contribution < -0.4 is 4.74 Å². The molecule has 0 atom stereocenters. The Balaban J connectivity index is 2.98. The number of rotatable bonds is 4. The molecule has 0 aliphatic rings. The van der Waals surface area contributed by atoms with Crippen molar-refractivity contribution >= 4 is 0 Å². The number of allylic oxidation sites excluding steroid dienone is 1. The van der Waals surface area contributed by atoms with Crippen molar-refractivity contribution in [1.82, 2.24) is 0 Å². The van der Waals surface area contributed by atoms with Gasteiger partial charge in [0, 0.05) is 0 Å². The lowest BCUT2D eigenvalue weighted by molar-refractivity contribution is 0.373. The van der Waals surface area contributed by atoms with E-state index in [-0.39, 0.29) is 0 Å². The zero-order valence-electron chi connectivity index (χ0n) is 8.04. The Kier molecular flexibility index (Phi) is 2.29. The number of benzene rings is 1. The highest BCUT2D eigenvalue weighted by Crippen LogP contribution is 2.26. The molecule has 1 N–H and O–H groups in total. The van der Waals surface area contributed by atoms with Gasteiger partial charge in [-0.3, -0.25) is 0 Å². The van der Waals surface area contributed by atoms with E-state index in [9.17, 15) is 0 Å². The van der Waals surface area contributed by atoms with E-state index >= 15 is 0 Å². The Hall–Kier alpha value is -1.44. The van der Waals surface area contributed by atoms with Crippen LogP contribution in [0.1, 0.15) is 5.56 Å². The van der Waals surface area contributed by atoms with Gasteiger partial charge in [0.05, 0.1) is 7.11 Å². The molecule has 0 spiro atoms. The fourth-order valence-electron chi connectivity index (χ4n) is 1.01. The molecular weight excluding hydrogens is 152 g/mol. The quantitative estimate of drug-likeness (QED) is 0.692. The van der Waals surface area contributed by atoms with Crippen LogP contribution in [0.25, 0.3) is 0 Å². The highest BCUT2D eigenvalue weighted by Gasteiger charge is 2.00. The SMILES string of the molecule is [2H]Oc1ccc(CC=C)cc1OC. The first kappa shape index (κ1) is 7.22. The molecule has 0 radical (unpaired) electrons. The second-order valence-corrected chi connectivity index (χ2v) is 2.48. The second-order valence-electron chi connectivity index (χ2n) is 2.48. The summed E-state index contributed by atoms with van der Waals surface area (Å²) in [6.45, 7) is 3.64. The van der Waals surface area contributed by atoms with Crippen LogP contribution in [0.2, 0.25) is 0 Å². The minimum atomic E-state index is 0.426. The lowest BCUT2D eigenvalue weighted by Gasteiger charge is -2.04. The molecule has 0 bridgehead atoms. The lowest BCUT2D eigenvalue weighted by atomic mass is 10.1. The number of hydrogen-bond acceptors (Lipinski definition) is 2. The third-order valence-corrected chi connectivity index (χ3v) is 1.61. The van der Waals surface area contributed by atoms with E-state index < -0.39 is 0 Å². The third-order valence-electron chi connectivity index (χ3n) is 1.61. The summed E-state index contributed by atoms with van der Waals surface area (Å²) in [6.07, 6.45) is 2.60. The summed E-state index contributed by atoms with van der Waals surface area (Å²) in [5, 5.41) is 4.37. The molecule has 0 heterocycles. The molecule has 1 aromatic rings. The fourth-order valence-corrected chi connectivity index (χ4v) is 1.01. The molecule has 1 aromatic carbocycles. The van der Waals surface area contributed by atoms with Gasteiger partial charge >= 0.3 is 0 Å². The van der Waals surface area contributed by atoms with Gasteiger partial charge in [0.2, 0.25) is 0 Å². The molecule has 0 aliphatic carbocycles. The van der Waals surface area contributed by atoms with E-state index in [1.165, 1.54) is 0 Å². The normalized spacial score (nSPS) is 10.2. The van der Waals surface area contributed by atoms with Crippen LogP contribution in [-0.4, -0.2) is 13.6 Å². The lowest BCUT2D eigenvalue weighted by Crippen LogP contribution is -1.86. The van der Waals surface area contributed by atoms with E-state index in [0.717, 1.165) is 12.0 Å². The van der Waals surface area contributed by atoms with Crippen molar-refractivity contribution in [3.8, 4) is 11.5 Å². The first-order valence-electron chi connectivity index (χ1n) is 4.13. The van der Waals surface area contributed by atoms with E-state index in [1.54, 1.807) is 13.2 Å². The number of aromatic hydroxyl groups is 1. The van der Waals surface area contributed by atoms with Crippen molar-refractivity contribution in [2.24, 2.45) is 0 Å². The van der Waals surface area contributed by atoms with Gasteiger partial charge in [-0.1, -0.05) is 12.1 Å². The Morgan fingerprint density at radius 1 is 1.75 bits per heavy atom. The maximum Gasteiger partial charge on any atom is 0.293 e. The minimum absolute atomic E-state index is 0.426. The Labute approximate surface area is 73.6 Å². The van der Waals surface area contributed by atoms with Gasteiger partial charge in [-0.05, 0) is 24.1 Å². The van der Waals surface area contributed by atoms with Crippen LogP contribution in [0, 0.1) is 0 Å². The molecule has 0 aromatic heterocycles. The van der Waals surface area contributed by atoms with Crippen LogP contribution in [-0.2, 0) is 6.42 Å². The summed E-state index contributed by atoms with van der Waals surface area (Å²) in [7, 11) is 1.55. The molecule has 0 unspecified atom stereocenters. The Morgan fingerprint density at radius 2 is 2.58 bits per heavy atom. The standard InChI is InChI=1S/C10H12O2/c1-3-4-8-5-6-9(11)10(7-8)12-2/h3,5-7,11H,1,4H2,2H3/i/hD. The summed E-state index contributed by atoms with van der Waals surface area (Å²) in [5.74, 6) is 1.00. The third kappa shape index (κ3) is 1.78. The zero-order chi connectivity index (χ0) is 9.68. The van der Waals surface area contributed by atoms with Crippen LogP contribution in [0.15, 0.2) is 30.9 Å². The van der Waals surface area contributed by atoms with E-state index in [2.05, 4.69) is 11.7 Å². The monoisotopic (exact) mass is 165 g/mol. The molecule has 1 rings (SSSR count). The summed E-state index contributed by atoms with van der Waals surface area (Å²) in [5.41, 5.74) is 1.09. The fraction of sp³-hybridized carbons (Fsp3) is 0.200. The zero-order valence-corrected chi connectivity index (χ0v) is 7.04. The van der Waals surface area contributed by atoms with Crippen molar-refractivity contribution < 1.29 is 9.85 Å². The first-order chi connectivity index (χ1) is 6.31. The average Bonchev–Trinajstić information content (AvgIpc) is 2.18. The van der Waals surface area contributed by atoms with Crippen LogP contribution in [0.3, 0.4) is 0 Å². The first-order valence-corrected chi connectivity index (χ1v) is 3.72. The van der Waals surface area contributed by atoms with E-state index in [1.807, 2.05) is 18.2 Å². The van der Waals surface area contributed by atoms with Crippen LogP contribution in [0.5, 0.6) is 11.5 Å². The van der Waals surface area contributed by atoms with Gasteiger partial charge in [0.25, 0.3) is 1.43 Å². The van der Waals surface area contributed by atoms with Crippen LogP contribution in [0.4, 0.5) is 0 Å². The van der Waals surface area contributed by atoms with Gasteiger partial charge in [-0.25, -0.2) is 0 Å². The highest BCUT2D eigenvalue weighted by atomic mass is 16.5. The second kappa shape index (κ2) is 3.81. The van der Waals surface area contributed by atoms with Gasteiger partial charge in [-0.2, -0.15) is 0 Å². The topological polar surface area (TPSA) is 29.5 Å². The van der Waals surface area contributed by atoms with Gasteiger partial charge < -0.3 is 9.85 Å². The summed E-state index contributed by atoms with van der Waals surface area (Å²) >= 11 is 0. The molecule has 0 fully saturated rings. The van der Waals surface area contributed by atoms with Crippen molar-refractivity contribution in [2.75, 3.05) is 7.11 Å². The molecule has 0 aliphatic heterocycles. The molecular formula is C10H12O2. The Morgan fingerprint density at radius 3 is 3.17 bits per heavy atom. The Bertz CT molecular complexity index is 297. The number of phenolic OH excluding ortho intramolecular Hbond substituents is 1. The number of ether oxygens (including phenoxy) is 1. The highest BCUT2D eigenvalue weighted by molar-refractivity contribution is 5.42. The number of phenols is 1. The predicted octanol–water partition coefficient (Wildman–Crippen LogP) is 2.13. The molecule has 64 valence electrons. The van der Waals surface area contributed by atoms with Crippen molar-refractivity contribution in [1.29, 1.82) is 1.43 Å². The van der Waals surface area contributed by atoms with Crippen molar-refractivity contribution in [2.45, 2.75) is 6.42 Å². The largest absolute Gasteiger partial charge is 0.504 e. The van der Waals surface area contributed by atoms with E-state index in [0.29, 0.717) is 11.5 Å². The molecule has 0 saturated heterocycles.